The number of nitrogens with two attached hydrogens (primary N) is 1. The van der Waals surface area contributed by atoms with Gasteiger partial charge < -0.3 is 15.8 Å². The minimum absolute atomic E-state index is 0.109. The van der Waals surface area contributed by atoms with Gasteiger partial charge in [0.25, 0.3) is 11.8 Å². The van der Waals surface area contributed by atoms with Gasteiger partial charge in [-0.25, -0.2) is 0 Å². The van der Waals surface area contributed by atoms with Crippen molar-refractivity contribution in [3.05, 3.63) is 45.8 Å². The highest BCUT2D eigenvalue weighted by Gasteiger charge is 2.26. The molecule has 3 rings (SSSR count). The second-order valence-corrected chi connectivity index (χ2v) is 7.59. The van der Waals surface area contributed by atoms with E-state index in [1.165, 1.54) is 11.3 Å². The molecule has 1 aromatic heterocycles. The number of fused-ring (bicyclic) bond motifs is 1. The average molecular weight is 358 g/mol. The van der Waals surface area contributed by atoms with Gasteiger partial charge in [0.2, 0.25) is 0 Å². The van der Waals surface area contributed by atoms with Gasteiger partial charge in [0, 0.05) is 4.88 Å². The van der Waals surface area contributed by atoms with Crippen LogP contribution < -0.4 is 15.8 Å². The monoisotopic (exact) mass is 358 g/mol. The van der Waals surface area contributed by atoms with E-state index in [0.29, 0.717) is 22.2 Å². The average Bonchev–Trinajstić information content (AvgIpc) is 3.13. The quantitative estimate of drug-likeness (QED) is 0.829. The fourth-order valence-electron chi connectivity index (χ4n) is 3.03. The number of carbonyl (C=O) groups excluding carboxylic acids is 2. The maximum atomic E-state index is 12.2. The Bertz CT molecular complexity index is 811. The first-order valence-electron chi connectivity index (χ1n) is 8.42. The number of thiophene rings is 1. The van der Waals surface area contributed by atoms with Crippen molar-refractivity contribution in [1.29, 1.82) is 0 Å². The Morgan fingerprint density at radius 2 is 2.12 bits per heavy atom. The molecule has 132 valence electrons. The number of carbonyl (C=O) groups is 2. The largest absolute Gasteiger partial charge is 0.484 e. The van der Waals surface area contributed by atoms with Gasteiger partial charge in [-0.1, -0.05) is 26.0 Å². The highest BCUT2D eigenvalue weighted by Crippen LogP contribution is 2.38. The molecule has 2 amide bonds. The van der Waals surface area contributed by atoms with E-state index >= 15 is 0 Å². The van der Waals surface area contributed by atoms with Crippen LogP contribution in [0.15, 0.2) is 24.3 Å². The Balaban J connectivity index is 1.66. The van der Waals surface area contributed by atoms with Crippen LogP contribution in [0.2, 0.25) is 0 Å². The molecule has 0 bridgehead atoms. The van der Waals surface area contributed by atoms with Crippen LogP contribution in [-0.4, -0.2) is 18.4 Å². The van der Waals surface area contributed by atoms with Crippen molar-refractivity contribution in [2.75, 3.05) is 11.9 Å². The summed E-state index contributed by atoms with van der Waals surface area (Å²) in [5.41, 5.74) is 8.12. The number of aryl methyl sites for hydroxylation is 1. The highest BCUT2D eigenvalue weighted by atomic mass is 32.1. The number of hydrogen-bond acceptors (Lipinski definition) is 4. The van der Waals surface area contributed by atoms with Crippen molar-refractivity contribution in [3.8, 4) is 5.75 Å². The number of anilines is 1. The van der Waals surface area contributed by atoms with E-state index in [1.807, 2.05) is 24.3 Å². The number of benzene rings is 1. The maximum absolute atomic E-state index is 12.2. The lowest BCUT2D eigenvalue weighted by molar-refractivity contribution is -0.118. The van der Waals surface area contributed by atoms with Crippen LogP contribution in [0.3, 0.4) is 0 Å². The van der Waals surface area contributed by atoms with E-state index in [9.17, 15) is 9.59 Å². The molecule has 0 aliphatic heterocycles. The Morgan fingerprint density at radius 1 is 1.32 bits per heavy atom. The van der Waals surface area contributed by atoms with Crippen molar-refractivity contribution in [2.24, 2.45) is 5.73 Å². The zero-order chi connectivity index (χ0) is 18.0. The molecule has 6 heteroatoms. The van der Waals surface area contributed by atoms with Crippen molar-refractivity contribution in [1.82, 2.24) is 0 Å². The third-order valence-electron chi connectivity index (χ3n) is 4.32. The molecule has 0 fully saturated rings. The van der Waals surface area contributed by atoms with E-state index in [0.717, 1.165) is 35.3 Å². The molecule has 0 radical (unpaired) electrons. The molecule has 1 aliphatic rings. The zero-order valence-electron chi connectivity index (χ0n) is 14.4. The fraction of sp³-hybridized carbons (Fsp3) is 0.368. The normalized spacial score (nSPS) is 12.9. The van der Waals surface area contributed by atoms with Crippen LogP contribution >= 0.6 is 11.3 Å². The number of amides is 2. The summed E-state index contributed by atoms with van der Waals surface area (Å²) in [7, 11) is 0. The maximum Gasteiger partial charge on any atom is 0.262 e. The van der Waals surface area contributed by atoms with Crippen LogP contribution in [-0.2, 0) is 17.6 Å². The molecule has 0 spiro atoms. The molecule has 0 saturated carbocycles. The van der Waals surface area contributed by atoms with Crippen molar-refractivity contribution in [2.45, 2.75) is 39.0 Å². The number of hydrogen-bond donors (Lipinski definition) is 2. The Kier molecular flexibility index (Phi) is 5.08. The van der Waals surface area contributed by atoms with Gasteiger partial charge >= 0.3 is 0 Å². The third kappa shape index (κ3) is 3.85. The molecule has 1 aliphatic carbocycles. The summed E-state index contributed by atoms with van der Waals surface area (Å²) in [5, 5.41) is 3.33. The van der Waals surface area contributed by atoms with Gasteiger partial charge in [-0.15, -0.1) is 11.3 Å². The molecule has 3 N–H and O–H groups in total. The highest BCUT2D eigenvalue weighted by molar-refractivity contribution is 7.17. The summed E-state index contributed by atoms with van der Waals surface area (Å²) in [5.74, 6) is 0.270. The minimum atomic E-state index is -0.486. The van der Waals surface area contributed by atoms with Gasteiger partial charge in [-0.2, -0.15) is 0 Å². The van der Waals surface area contributed by atoms with Crippen LogP contribution in [0.4, 0.5) is 5.00 Å². The lowest BCUT2D eigenvalue weighted by Gasteiger charge is -2.10. The number of rotatable bonds is 6. The molecule has 1 aromatic carbocycles. The third-order valence-corrected chi connectivity index (χ3v) is 5.52. The van der Waals surface area contributed by atoms with E-state index < -0.39 is 5.91 Å². The second-order valence-electron chi connectivity index (χ2n) is 6.49. The predicted octanol–water partition coefficient (Wildman–Crippen LogP) is 3.48. The minimum Gasteiger partial charge on any atom is -0.484 e. The molecule has 5 nitrogen and oxygen atoms in total. The first-order chi connectivity index (χ1) is 12.0. The lowest BCUT2D eigenvalue weighted by Crippen LogP contribution is -2.22. The number of nitrogens with one attached hydrogen (secondary N) is 1. The number of primary amides is 1. The van der Waals surface area contributed by atoms with Crippen LogP contribution in [0, 0.1) is 0 Å². The molecular formula is C19H22N2O3S. The lowest BCUT2D eigenvalue weighted by atomic mass is 10.0. The summed E-state index contributed by atoms with van der Waals surface area (Å²) >= 11 is 1.44. The van der Waals surface area contributed by atoms with E-state index in [-0.39, 0.29) is 12.5 Å². The van der Waals surface area contributed by atoms with Crippen LogP contribution in [0.1, 0.15) is 52.5 Å². The van der Waals surface area contributed by atoms with Gasteiger partial charge in [0.1, 0.15) is 10.8 Å². The van der Waals surface area contributed by atoms with E-state index in [2.05, 4.69) is 19.2 Å². The van der Waals surface area contributed by atoms with Gasteiger partial charge in [-0.05, 0) is 48.4 Å². The van der Waals surface area contributed by atoms with Crippen molar-refractivity contribution < 1.29 is 14.3 Å². The van der Waals surface area contributed by atoms with Crippen LogP contribution in [0.5, 0.6) is 5.75 Å². The van der Waals surface area contributed by atoms with Crippen molar-refractivity contribution in [3.63, 3.8) is 0 Å². The van der Waals surface area contributed by atoms with Gasteiger partial charge in [0.15, 0.2) is 6.61 Å². The standard InChI is InChI=1S/C19H22N2O3S/c1-11(2)12-5-3-6-13(9-12)24-10-16(22)21-19-17(18(20)23)14-7-4-8-15(14)25-19/h3,5-6,9,11H,4,7-8,10H2,1-2H3,(H2,20,23)(H,21,22). The van der Waals surface area contributed by atoms with Crippen molar-refractivity contribution >= 4 is 28.2 Å². The molecule has 1 heterocycles. The summed E-state index contributed by atoms with van der Waals surface area (Å²) < 4.78 is 5.58. The summed E-state index contributed by atoms with van der Waals surface area (Å²) in [6.07, 6.45) is 2.82. The molecular weight excluding hydrogens is 336 g/mol. The molecule has 0 saturated heterocycles. The van der Waals surface area contributed by atoms with E-state index in [1.54, 1.807) is 0 Å². The fourth-order valence-corrected chi connectivity index (χ4v) is 4.34. The Labute approximate surface area is 151 Å². The molecule has 2 aromatic rings. The van der Waals surface area contributed by atoms with Crippen LogP contribution in [0.25, 0.3) is 0 Å². The SMILES string of the molecule is CC(C)c1cccc(OCC(=O)Nc2sc3c(c2C(N)=O)CCC3)c1. The Morgan fingerprint density at radius 3 is 2.84 bits per heavy atom. The summed E-state index contributed by atoms with van der Waals surface area (Å²) in [6.45, 7) is 4.10. The zero-order valence-corrected chi connectivity index (χ0v) is 15.2. The second kappa shape index (κ2) is 7.27. The summed E-state index contributed by atoms with van der Waals surface area (Å²) in [4.78, 5) is 25.1. The molecule has 25 heavy (non-hydrogen) atoms. The number of ether oxygens (including phenoxy) is 1. The Hall–Kier alpha value is -2.34. The van der Waals surface area contributed by atoms with E-state index in [4.69, 9.17) is 10.5 Å². The predicted molar refractivity (Wildman–Crippen MR) is 99.5 cm³/mol. The molecule has 0 atom stereocenters. The molecule has 0 unspecified atom stereocenters. The van der Waals surface area contributed by atoms with Gasteiger partial charge in [0.05, 0.1) is 5.56 Å². The first kappa shape index (κ1) is 17.5. The van der Waals surface area contributed by atoms with Gasteiger partial charge in [-0.3, -0.25) is 9.59 Å². The smallest absolute Gasteiger partial charge is 0.262 e. The summed E-state index contributed by atoms with van der Waals surface area (Å²) in [6, 6.07) is 7.71. The topological polar surface area (TPSA) is 81.4 Å². The first-order valence-corrected chi connectivity index (χ1v) is 9.24.